The number of carbonyl (C=O) groups excluding carboxylic acids is 2. The van der Waals surface area contributed by atoms with Gasteiger partial charge in [0.05, 0.1) is 6.04 Å². The lowest BCUT2D eigenvalue weighted by molar-refractivity contribution is -0.156. The first-order valence-electron chi connectivity index (χ1n) is 7.41. The Morgan fingerprint density at radius 1 is 1.43 bits per heavy atom. The fourth-order valence-corrected chi connectivity index (χ4v) is 3.57. The molecule has 0 saturated carbocycles. The van der Waals surface area contributed by atoms with Crippen LogP contribution in [0.15, 0.2) is 6.20 Å². The van der Waals surface area contributed by atoms with Crippen molar-refractivity contribution < 1.29 is 9.59 Å². The molecule has 1 fully saturated rings. The van der Waals surface area contributed by atoms with Crippen LogP contribution in [0.3, 0.4) is 0 Å². The molecule has 1 aliphatic rings. The van der Waals surface area contributed by atoms with Crippen LogP contribution in [0, 0.1) is 0 Å². The number of carbonyl (C=O) groups is 2. The molecule has 0 bridgehead atoms. The summed E-state index contributed by atoms with van der Waals surface area (Å²) in [5.74, 6) is -0.129. The zero-order valence-corrected chi connectivity index (χ0v) is 14.1. The molecule has 2 atom stereocenters. The van der Waals surface area contributed by atoms with Gasteiger partial charge in [0.15, 0.2) is 0 Å². The Bertz CT molecular complexity index is 553. The number of aryl methyl sites for hydroxylation is 1. The number of rotatable bonds is 4. The van der Waals surface area contributed by atoms with Gasteiger partial charge in [-0.25, -0.2) is 4.98 Å². The van der Waals surface area contributed by atoms with Crippen molar-refractivity contribution in [2.45, 2.75) is 65.1 Å². The zero-order valence-electron chi connectivity index (χ0n) is 13.3. The van der Waals surface area contributed by atoms with Crippen LogP contribution < -0.4 is 5.32 Å². The second-order valence-corrected chi connectivity index (χ2v) is 7.09. The summed E-state index contributed by atoms with van der Waals surface area (Å²) in [6.45, 7) is 9.46. The summed E-state index contributed by atoms with van der Waals surface area (Å²) in [7, 11) is 0. The Morgan fingerprint density at radius 2 is 2.10 bits per heavy atom. The van der Waals surface area contributed by atoms with Crippen LogP contribution in [-0.4, -0.2) is 33.3 Å². The first-order valence-corrected chi connectivity index (χ1v) is 8.22. The van der Waals surface area contributed by atoms with E-state index in [1.165, 1.54) is 4.88 Å². The number of amides is 2. The maximum Gasteiger partial charge on any atom is 0.249 e. The molecule has 2 heterocycles. The molecule has 0 radical (unpaired) electrons. The van der Waals surface area contributed by atoms with Crippen molar-refractivity contribution >= 4 is 23.2 Å². The molecule has 1 aromatic rings. The lowest BCUT2D eigenvalue weighted by Crippen LogP contribution is -2.68. The average Bonchev–Trinajstić information content (AvgIpc) is 2.90. The maximum atomic E-state index is 12.7. The van der Waals surface area contributed by atoms with Gasteiger partial charge >= 0.3 is 0 Å². The third kappa shape index (κ3) is 2.81. The molecule has 1 aromatic heterocycles. The number of nitrogens with one attached hydrogen (secondary N) is 1. The van der Waals surface area contributed by atoms with Gasteiger partial charge in [-0.15, -0.1) is 11.3 Å². The van der Waals surface area contributed by atoms with Gasteiger partial charge in [-0.05, 0) is 33.6 Å². The minimum atomic E-state index is -0.859. The second kappa shape index (κ2) is 5.75. The SMILES string of the molecule is CCc1cnc(C(C)N2C(=O)C(C)(C)NC(=O)C2CC)s1. The van der Waals surface area contributed by atoms with E-state index >= 15 is 0 Å². The highest BCUT2D eigenvalue weighted by Crippen LogP contribution is 2.32. The number of aromatic nitrogens is 1. The average molecular weight is 309 g/mol. The third-order valence-corrected chi connectivity index (χ3v) is 5.24. The fraction of sp³-hybridized carbons (Fsp3) is 0.667. The summed E-state index contributed by atoms with van der Waals surface area (Å²) in [4.78, 5) is 32.3. The first kappa shape index (κ1) is 15.9. The van der Waals surface area contributed by atoms with Crippen molar-refractivity contribution in [3.63, 3.8) is 0 Å². The molecule has 2 unspecified atom stereocenters. The van der Waals surface area contributed by atoms with E-state index in [1.807, 2.05) is 20.0 Å². The molecule has 2 rings (SSSR count). The van der Waals surface area contributed by atoms with Gasteiger partial charge in [-0.1, -0.05) is 13.8 Å². The van der Waals surface area contributed by atoms with Crippen LogP contribution in [0.1, 0.15) is 57.0 Å². The van der Waals surface area contributed by atoms with Crippen molar-refractivity contribution in [2.75, 3.05) is 0 Å². The summed E-state index contributed by atoms with van der Waals surface area (Å²) in [6, 6.07) is -0.604. The monoisotopic (exact) mass is 309 g/mol. The van der Waals surface area contributed by atoms with Crippen molar-refractivity contribution in [3.8, 4) is 0 Å². The van der Waals surface area contributed by atoms with E-state index in [1.54, 1.807) is 30.1 Å². The van der Waals surface area contributed by atoms with Crippen molar-refractivity contribution in [1.29, 1.82) is 0 Å². The molecule has 0 aliphatic carbocycles. The van der Waals surface area contributed by atoms with Crippen LogP contribution in [0.4, 0.5) is 0 Å². The van der Waals surface area contributed by atoms with E-state index in [2.05, 4.69) is 17.2 Å². The van der Waals surface area contributed by atoms with Gasteiger partial charge in [0, 0.05) is 11.1 Å². The highest BCUT2D eigenvalue weighted by molar-refractivity contribution is 7.11. The number of hydrogen-bond donors (Lipinski definition) is 1. The molecule has 6 heteroatoms. The Morgan fingerprint density at radius 3 is 2.62 bits per heavy atom. The molecular weight excluding hydrogens is 286 g/mol. The van der Waals surface area contributed by atoms with Crippen LogP contribution in [-0.2, 0) is 16.0 Å². The Balaban J connectivity index is 2.36. The molecule has 5 nitrogen and oxygen atoms in total. The van der Waals surface area contributed by atoms with Gasteiger partial charge in [-0.2, -0.15) is 0 Å². The highest BCUT2D eigenvalue weighted by Gasteiger charge is 2.46. The topological polar surface area (TPSA) is 62.3 Å². The summed E-state index contributed by atoms with van der Waals surface area (Å²) < 4.78 is 0. The molecular formula is C15H23N3O2S. The predicted molar refractivity (Wildman–Crippen MR) is 83.1 cm³/mol. The number of piperazine rings is 1. The third-order valence-electron chi connectivity index (χ3n) is 3.92. The quantitative estimate of drug-likeness (QED) is 0.928. The van der Waals surface area contributed by atoms with Gasteiger partial charge < -0.3 is 10.2 Å². The van der Waals surface area contributed by atoms with Crippen molar-refractivity contribution in [2.24, 2.45) is 0 Å². The Hall–Kier alpha value is -1.43. The van der Waals surface area contributed by atoms with Crippen LogP contribution in [0.25, 0.3) is 0 Å². The summed E-state index contributed by atoms with van der Waals surface area (Å²) >= 11 is 1.61. The lowest BCUT2D eigenvalue weighted by Gasteiger charge is -2.44. The normalized spacial score (nSPS) is 23.1. The van der Waals surface area contributed by atoms with E-state index < -0.39 is 11.6 Å². The predicted octanol–water partition coefficient (Wildman–Crippen LogP) is 2.28. The highest BCUT2D eigenvalue weighted by atomic mass is 32.1. The van der Waals surface area contributed by atoms with Crippen molar-refractivity contribution in [3.05, 3.63) is 16.1 Å². The largest absolute Gasteiger partial charge is 0.340 e. The Kier molecular flexibility index (Phi) is 4.37. The standard InChI is InChI=1S/C15H23N3O2S/c1-6-10-8-16-13(21-10)9(3)18-11(7-2)12(19)17-15(4,5)14(18)20/h8-9,11H,6-7H2,1-5H3,(H,17,19). The van der Waals surface area contributed by atoms with Gasteiger partial charge in [-0.3, -0.25) is 9.59 Å². The summed E-state index contributed by atoms with van der Waals surface area (Å²) in [6.07, 6.45) is 3.39. The number of hydrogen-bond acceptors (Lipinski definition) is 4. The number of nitrogens with zero attached hydrogens (tertiary/aromatic N) is 2. The van der Waals surface area contributed by atoms with Crippen LogP contribution in [0.5, 0.6) is 0 Å². The Labute approximate surface area is 129 Å². The lowest BCUT2D eigenvalue weighted by atomic mass is 9.94. The fourth-order valence-electron chi connectivity index (χ4n) is 2.66. The van der Waals surface area contributed by atoms with E-state index in [4.69, 9.17) is 0 Å². The molecule has 21 heavy (non-hydrogen) atoms. The molecule has 116 valence electrons. The van der Waals surface area contributed by atoms with E-state index in [0.29, 0.717) is 6.42 Å². The number of thiazole rings is 1. The molecule has 0 spiro atoms. The van der Waals surface area contributed by atoms with Crippen LogP contribution in [0.2, 0.25) is 0 Å². The molecule has 1 aliphatic heterocycles. The van der Waals surface area contributed by atoms with E-state index in [-0.39, 0.29) is 17.9 Å². The summed E-state index contributed by atoms with van der Waals surface area (Å²) in [5.41, 5.74) is -0.859. The van der Waals surface area contributed by atoms with E-state index in [9.17, 15) is 9.59 Å². The van der Waals surface area contributed by atoms with Gasteiger partial charge in [0.2, 0.25) is 11.8 Å². The molecule has 0 aromatic carbocycles. The van der Waals surface area contributed by atoms with Crippen LogP contribution >= 0.6 is 11.3 Å². The molecule has 1 saturated heterocycles. The summed E-state index contributed by atoms with van der Waals surface area (Å²) in [5, 5.41) is 3.70. The van der Waals surface area contributed by atoms with Gasteiger partial charge in [0.25, 0.3) is 0 Å². The molecule has 2 amide bonds. The minimum Gasteiger partial charge on any atom is -0.340 e. The molecule has 1 N–H and O–H groups in total. The first-order chi connectivity index (χ1) is 9.81. The van der Waals surface area contributed by atoms with Crippen molar-refractivity contribution in [1.82, 2.24) is 15.2 Å². The minimum absolute atomic E-state index is 0.0466. The maximum absolute atomic E-state index is 12.7. The smallest absolute Gasteiger partial charge is 0.249 e. The second-order valence-electron chi connectivity index (χ2n) is 5.95. The zero-order chi connectivity index (χ0) is 15.8. The van der Waals surface area contributed by atoms with Gasteiger partial charge in [0.1, 0.15) is 16.6 Å². The van der Waals surface area contributed by atoms with E-state index in [0.717, 1.165) is 11.4 Å².